The van der Waals surface area contributed by atoms with Crippen LogP contribution in [0.1, 0.15) is 30.5 Å². The largest absolute Gasteiger partial charge is 0.377 e. The molecule has 1 aromatic carbocycles. The molecule has 0 unspecified atom stereocenters. The van der Waals surface area contributed by atoms with Gasteiger partial charge >= 0.3 is 0 Å². The lowest BCUT2D eigenvalue weighted by atomic mass is 10.1. The summed E-state index contributed by atoms with van der Waals surface area (Å²) >= 11 is 0. The molecule has 2 heterocycles. The van der Waals surface area contributed by atoms with Crippen LogP contribution in [0, 0.1) is 11.3 Å². The second-order valence-corrected chi connectivity index (χ2v) is 6.03. The topological polar surface area (TPSA) is 41.2 Å². The molecule has 21 heavy (non-hydrogen) atoms. The first-order valence-corrected chi connectivity index (χ1v) is 7.43. The standard InChI is InChI=1S/C17H21N3O/c1-12(2)21-5-4-20-10-13-6-16-15(8-18)9-19(3)17(16)7-14(13)11-20/h6-7,9,12H,4-5,10-11H2,1-3H3. The molecule has 0 radical (unpaired) electrons. The van der Waals surface area contributed by atoms with Crippen molar-refractivity contribution < 1.29 is 4.74 Å². The van der Waals surface area contributed by atoms with Gasteiger partial charge in [-0.15, -0.1) is 0 Å². The lowest BCUT2D eigenvalue weighted by molar-refractivity contribution is 0.0584. The molecule has 1 aliphatic heterocycles. The molecule has 0 saturated heterocycles. The van der Waals surface area contributed by atoms with Gasteiger partial charge in [-0.2, -0.15) is 5.26 Å². The van der Waals surface area contributed by atoms with E-state index >= 15 is 0 Å². The number of benzene rings is 1. The Morgan fingerprint density at radius 2 is 2.00 bits per heavy atom. The number of aryl methyl sites for hydroxylation is 1. The Morgan fingerprint density at radius 3 is 2.67 bits per heavy atom. The predicted octanol–water partition coefficient (Wildman–Crippen LogP) is 2.79. The van der Waals surface area contributed by atoms with E-state index in [9.17, 15) is 5.26 Å². The third kappa shape index (κ3) is 2.67. The van der Waals surface area contributed by atoms with E-state index in [1.807, 2.05) is 17.8 Å². The average molecular weight is 283 g/mol. The molecular formula is C17H21N3O. The van der Waals surface area contributed by atoms with E-state index < -0.39 is 0 Å². The second kappa shape index (κ2) is 5.51. The average Bonchev–Trinajstić information content (AvgIpc) is 2.97. The molecule has 0 aliphatic carbocycles. The molecule has 0 amide bonds. The van der Waals surface area contributed by atoms with Crippen LogP contribution in [0.5, 0.6) is 0 Å². The van der Waals surface area contributed by atoms with Crippen LogP contribution in [-0.2, 0) is 24.9 Å². The van der Waals surface area contributed by atoms with E-state index in [0.717, 1.165) is 42.7 Å². The zero-order valence-electron chi connectivity index (χ0n) is 12.9. The summed E-state index contributed by atoms with van der Waals surface area (Å²) in [6, 6.07) is 6.70. The molecule has 3 rings (SSSR count). The first-order chi connectivity index (χ1) is 10.1. The van der Waals surface area contributed by atoms with Crippen molar-refractivity contribution in [2.24, 2.45) is 7.05 Å². The molecule has 4 nitrogen and oxygen atoms in total. The van der Waals surface area contributed by atoms with Gasteiger partial charge in [0.1, 0.15) is 6.07 Å². The number of fused-ring (bicyclic) bond motifs is 2. The van der Waals surface area contributed by atoms with Gasteiger partial charge in [0.15, 0.2) is 0 Å². The van der Waals surface area contributed by atoms with Crippen LogP contribution < -0.4 is 0 Å². The lowest BCUT2D eigenvalue weighted by Crippen LogP contribution is -2.23. The number of aromatic nitrogens is 1. The molecule has 0 saturated carbocycles. The Morgan fingerprint density at radius 1 is 1.29 bits per heavy atom. The van der Waals surface area contributed by atoms with Crippen LogP contribution in [0.2, 0.25) is 0 Å². The van der Waals surface area contributed by atoms with E-state index in [-0.39, 0.29) is 6.10 Å². The van der Waals surface area contributed by atoms with Gasteiger partial charge in [0, 0.05) is 43.8 Å². The molecule has 4 heteroatoms. The lowest BCUT2D eigenvalue weighted by Gasteiger charge is -2.15. The van der Waals surface area contributed by atoms with Crippen LogP contribution in [0.4, 0.5) is 0 Å². The highest BCUT2D eigenvalue weighted by Gasteiger charge is 2.21. The zero-order valence-corrected chi connectivity index (χ0v) is 12.9. The highest BCUT2D eigenvalue weighted by atomic mass is 16.5. The maximum absolute atomic E-state index is 9.23. The van der Waals surface area contributed by atoms with Gasteiger partial charge in [-0.25, -0.2) is 0 Å². The number of nitriles is 1. The molecule has 0 fully saturated rings. The molecule has 2 aromatic rings. The Bertz CT molecular complexity index is 709. The van der Waals surface area contributed by atoms with Crippen LogP contribution in [-0.4, -0.2) is 28.7 Å². The third-order valence-corrected chi connectivity index (χ3v) is 4.08. The van der Waals surface area contributed by atoms with Crippen LogP contribution in [0.15, 0.2) is 18.3 Å². The highest BCUT2D eigenvalue weighted by molar-refractivity contribution is 5.88. The maximum atomic E-state index is 9.23. The van der Waals surface area contributed by atoms with Crippen molar-refractivity contribution in [3.05, 3.63) is 35.0 Å². The van der Waals surface area contributed by atoms with Crippen molar-refractivity contribution in [2.45, 2.75) is 33.0 Å². The smallest absolute Gasteiger partial charge is 0.101 e. The van der Waals surface area contributed by atoms with E-state index in [0.29, 0.717) is 0 Å². The third-order valence-electron chi connectivity index (χ3n) is 4.08. The van der Waals surface area contributed by atoms with Gasteiger partial charge in [0.25, 0.3) is 0 Å². The molecule has 0 N–H and O–H groups in total. The summed E-state index contributed by atoms with van der Waals surface area (Å²) in [7, 11) is 2.00. The molecular weight excluding hydrogens is 262 g/mol. The maximum Gasteiger partial charge on any atom is 0.101 e. The summed E-state index contributed by atoms with van der Waals surface area (Å²) < 4.78 is 7.67. The Kier molecular flexibility index (Phi) is 3.71. The van der Waals surface area contributed by atoms with Crippen LogP contribution >= 0.6 is 0 Å². The minimum Gasteiger partial charge on any atom is -0.377 e. The van der Waals surface area contributed by atoms with E-state index in [1.165, 1.54) is 11.1 Å². The first-order valence-electron chi connectivity index (χ1n) is 7.43. The van der Waals surface area contributed by atoms with E-state index in [4.69, 9.17) is 4.74 Å². The van der Waals surface area contributed by atoms with Crippen molar-refractivity contribution in [3.63, 3.8) is 0 Å². The molecule has 110 valence electrons. The van der Waals surface area contributed by atoms with Crippen molar-refractivity contribution in [1.82, 2.24) is 9.47 Å². The number of nitrogens with zero attached hydrogens (tertiary/aromatic N) is 3. The van der Waals surface area contributed by atoms with Gasteiger partial charge in [-0.05, 0) is 37.1 Å². The van der Waals surface area contributed by atoms with Gasteiger partial charge < -0.3 is 9.30 Å². The van der Waals surface area contributed by atoms with Crippen LogP contribution in [0.25, 0.3) is 10.9 Å². The van der Waals surface area contributed by atoms with Gasteiger partial charge in [-0.1, -0.05) is 0 Å². The second-order valence-electron chi connectivity index (χ2n) is 6.03. The number of rotatable bonds is 4. The summed E-state index contributed by atoms with van der Waals surface area (Å²) in [5, 5.41) is 10.3. The van der Waals surface area contributed by atoms with Crippen molar-refractivity contribution in [2.75, 3.05) is 13.2 Å². The first kappa shape index (κ1) is 14.1. The quantitative estimate of drug-likeness (QED) is 0.866. The SMILES string of the molecule is CC(C)OCCN1Cc2cc3c(C#N)cn(C)c3cc2C1. The molecule has 1 aromatic heterocycles. The summed E-state index contributed by atoms with van der Waals surface area (Å²) in [5.41, 5.74) is 4.62. The number of hydrogen-bond acceptors (Lipinski definition) is 3. The summed E-state index contributed by atoms with van der Waals surface area (Å²) in [5.74, 6) is 0. The summed E-state index contributed by atoms with van der Waals surface area (Å²) in [6.45, 7) is 7.78. The van der Waals surface area contributed by atoms with Crippen molar-refractivity contribution in [1.29, 1.82) is 5.26 Å². The molecule has 0 spiro atoms. The fourth-order valence-electron chi connectivity index (χ4n) is 3.01. The minimum absolute atomic E-state index is 0.288. The van der Waals surface area contributed by atoms with Gasteiger partial charge in [0.2, 0.25) is 0 Å². The van der Waals surface area contributed by atoms with Crippen molar-refractivity contribution >= 4 is 10.9 Å². The fourth-order valence-corrected chi connectivity index (χ4v) is 3.01. The predicted molar refractivity (Wildman–Crippen MR) is 82.8 cm³/mol. The highest BCUT2D eigenvalue weighted by Crippen LogP contribution is 2.30. The van der Waals surface area contributed by atoms with Gasteiger partial charge in [0.05, 0.1) is 18.3 Å². The Balaban J connectivity index is 1.80. The monoisotopic (exact) mass is 283 g/mol. The minimum atomic E-state index is 0.288. The Hall–Kier alpha value is -1.83. The number of ether oxygens (including phenoxy) is 1. The fraction of sp³-hybridized carbons (Fsp3) is 0.471. The normalized spacial score (nSPS) is 14.8. The van der Waals surface area contributed by atoms with Crippen molar-refractivity contribution in [3.8, 4) is 6.07 Å². The molecule has 0 atom stereocenters. The Labute approximate surface area is 125 Å². The summed E-state index contributed by atoms with van der Waals surface area (Å²) in [6.07, 6.45) is 2.20. The zero-order chi connectivity index (χ0) is 15.0. The van der Waals surface area contributed by atoms with E-state index in [2.05, 4.69) is 36.9 Å². The van der Waals surface area contributed by atoms with Gasteiger partial charge in [-0.3, -0.25) is 4.90 Å². The molecule has 0 bridgehead atoms. The van der Waals surface area contributed by atoms with Crippen LogP contribution in [0.3, 0.4) is 0 Å². The summed E-state index contributed by atoms with van der Waals surface area (Å²) in [4.78, 5) is 2.40. The number of hydrogen-bond donors (Lipinski definition) is 0. The van der Waals surface area contributed by atoms with E-state index in [1.54, 1.807) is 0 Å². The molecule has 1 aliphatic rings.